The standard InChI is InChI=1S/C16H19ClN2O4/c1-3-11-14(15(20)22-4-2)12(19-16(21)18-11)9-23-13-8-6-5-7-10(13)17/h5-8,11H,3-4,9H2,1-2H3,(H2,18,19,21)/t11-/m1/s1. The third kappa shape index (κ3) is 4.16. The highest BCUT2D eigenvalue weighted by Gasteiger charge is 2.31. The average Bonchev–Trinajstić information content (AvgIpc) is 2.53. The normalized spacial score (nSPS) is 17.3. The lowest BCUT2D eigenvalue weighted by Crippen LogP contribution is -2.51. The zero-order valence-corrected chi connectivity index (χ0v) is 13.8. The summed E-state index contributed by atoms with van der Waals surface area (Å²) in [6, 6.07) is 6.21. The zero-order chi connectivity index (χ0) is 16.8. The number of para-hydroxylation sites is 1. The van der Waals surface area contributed by atoms with Crippen LogP contribution in [0.25, 0.3) is 0 Å². The van der Waals surface area contributed by atoms with Gasteiger partial charge in [-0.25, -0.2) is 9.59 Å². The maximum absolute atomic E-state index is 12.2. The second-order valence-electron chi connectivity index (χ2n) is 4.89. The average molecular weight is 339 g/mol. The predicted molar refractivity (Wildman–Crippen MR) is 86.4 cm³/mol. The number of hydrogen-bond donors (Lipinski definition) is 2. The first-order valence-corrected chi connectivity index (χ1v) is 7.79. The van der Waals surface area contributed by atoms with Crippen LogP contribution in [-0.4, -0.2) is 31.3 Å². The monoisotopic (exact) mass is 338 g/mol. The van der Waals surface area contributed by atoms with Crippen molar-refractivity contribution in [3.8, 4) is 5.75 Å². The number of benzene rings is 1. The van der Waals surface area contributed by atoms with Crippen molar-refractivity contribution >= 4 is 23.6 Å². The van der Waals surface area contributed by atoms with Gasteiger partial charge in [-0.2, -0.15) is 0 Å². The molecule has 1 aromatic carbocycles. The minimum absolute atomic E-state index is 0.0157. The first-order chi connectivity index (χ1) is 11.1. The summed E-state index contributed by atoms with van der Waals surface area (Å²) in [6.45, 7) is 3.88. The summed E-state index contributed by atoms with van der Waals surface area (Å²) in [6.07, 6.45) is 0.567. The van der Waals surface area contributed by atoms with E-state index in [1.54, 1.807) is 31.2 Å². The molecule has 0 aliphatic carbocycles. The van der Waals surface area contributed by atoms with Crippen LogP contribution >= 0.6 is 11.6 Å². The lowest BCUT2D eigenvalue weighted by Gasteiger charge is -2.28. The Hall–Kier alpha value is -2.21. The third-order valence-electron chi connectivity index (χ3n) is 3.36. The molecule has 2 rings (SSSR count). The van der Waals surface area contributed by atoms with E-state index in [-0.39, 0.29) is 19.2 Å². The van der Waals surface area contributed by atoms with Crippen molar-refractivity contribution in [2.75, 3.05) is 13.2 Å². The second-order valence-corrected chi connectivity index (χ2v) is 5.30. The molecule has 2 N–H and O–H groups in total. The number of carbonyl (C=O) groups excluding carboxylic acids is 2. The molecule has 7 heteroatoms. The summed E-state index contributed by atoms with van der Waals surface area (Å²) in [7, 11) is 0. The zero-order valence-electron chi connectivity index (χ0n) is 13.0. The quantitative estimate of drug-likeness (QED) is 0.782. The molecule has 0 unspecified atom stereocenters. The highest BCUT2D eigenvalue weighted by atomic mass is 35.5. The first-order valence-electron chi connectivity index (χ1n) is 7.41. The van der Waals surface area contributed by atoms with E-state index in [1.165, 1.54) is 0 Å². The van der Waals surface area contributed by atoms with Crippen molar-refractivity contribution in [1.29, 1.82) is 0 Å². The van der Waals surface area contributed by atoms with Gasteiger partial charge in [0.05, 0.1) is 28.9 Å². The molecule has 2 amide bonds. The molecule has 1 aromatic rings. The van der Waals surface area contributed by atoms with Crippen molar-refractivity contribution in [2.24, 2.45) is 0 Å². The molecule has 0 saturated carbocycles. The summed E-state index contributed by atoms with van der Waals surface area (Å²) in [5.74, 6) is 0.00955. The summed E-state index contributed by atoms with van der Waals surface area (Å²) < 4.78 is 10.7. The molecule has 0 spiro atoms. The SMILES string of the molecule is CCOC(=O)C1=C(COc2ccccc2Cl)NC(=O)N[C@@H]1CC. The summed E-state index contributed by atoms with van der Waals surface area (Å²) >= 11 is 6.04. The fourth-order valence-electron chi connectivity index (χ4n) is 2.29. The lowest BCUT2D eigenvalue weighted by molar-refractivity contribution is -0.139. The minimum atomic E-state index is -0.468. The topological polar surface area (TPSA) is 76.7 Å². The molecule has 0 bridgehead atoms. The van der Waals surface area contributed by atoms with E-state index in [4.69, 9.17) is 21.1 Å². The van der Waals surface area contributed by atoms with Crippen LogP contribution < -0.4 is 15.4 Å². The van der Waals surface area contributed by atoms with Crippen LogP contribution in [0.1, 0.15) is 20.3 Å². The molecule has 0 fully saturated rings. The molecule has 0 saturated heterocycles. The van der Waals surface area contributed by atoms with E-state index in [9.17, 15) is 9.59 Å². The van der Waals surface area contributed by atoms with Gasteiger partial charge < -0.3 is 20.1 Å². The van der Waals surface area contributed by atoms with Crippen molar-refractivity contribution < 1.29 is 19.1 Å². The van der Waals surface area contributed by atoms with E-state index in [1.807, 2.05) is 6.92 Å². The maximum atomic E-state index is 12.2. The van der Waals surface area contributed by atoms with Crippen LogP contribution in [-0.2, 0) is 9.53 Å². The Kier molecular flexibility index (Phi) is 5.87. The Bertz CT molecular complexity index is 630. The Labute approximate surface area is 139 Å². The number of ether oxygens (including phenoxy) is 2. The fraction of sp³-hybridized carbons (Fsp3) is 0.375. The number of nitrogens with one attached hydrogen (secondary N) is 2. The number of carbonyl (C=O) groups is 2. The summed E-state index contributed by atoms with van der Waals surface area (Å²) in [5.41, 5.74) is 0.764. The van der Waals surface area contributed by atoms with Crippen molar-refractivity contribution in [3.05, 3.63) is 40.6 Å². The van der Waals surface area contributed by atoms with Crippen molar-refractivity contribution in [1.82, 2.24) is 10.6 Å². The number of urea groups is 1. The highest BCUT2D eigenvalue weighted by molar-refractivity contribution is 6.32. The molecule has 23 heavy (non-hydrogen) atoms. The molecule has 6 nitrogen and oxygen atoms in total. The van der Waals surface area contributed by atoms with Gasteiger partial charge in [0.2, 0.25) is 0 Å². The van der Waals surface area contributed by atoms with E-state index in [0.29, 0.717) is 28.5 Å². The third-order valence-corrected chi connectivity index (χ3v) is 3.67. The Balaban J connectivity index is 2.26. The Morgan fingerprint density at radius 3 is 2.70 bits per heavy atom. The van der Waals surface area contributed by atoms with E-state index < -0.39 is 12.0 Å². The maximum Gasteiger partial charge on any atom is 0.338 e. The van der Waals surface area contributed by atoms with Gasteiger partial charge in [-0.15, -0.1) is 0 Å². The van der Waals surface area contributed by atoms with Gasteiger partial charge in [-0.3, -0.25) is 0 Å². The van der Waals surface area contributed by atoms with E-state index in [0.717, 1.165) is 0 Å². The molecule has 1 aliphatic rings. The number of esters is 1. The van der Waals surface area contributed by atoms with E-state index >= 15 is 0 Å². The number of halogens is 1. The fourth-order valence-corrected chi connectivity index (χ4v) is 2.48. The Morgan fingerprint density at radius 1 is 1.30 bits per heavy atom. The van der Waals surface area contributed by atoms with Crippen LogP contribution in [0.15, 0.2) is 35.5 Å². The van der Waals surface area contributed by atoms with E-state index in [2.05, 4.69) is 10.6 Å². The molecule has 1 heterocycles. The van der Waals surface area contributed by atoms with Crippen LogP contribution in [0.3, 0.4) is 0 Å². The molecule has 0 radical (unpaired) electrons. The van der Waals surface area contributed by atoms with Gasteiger partial charge >= 0.3 is 12.0 Å². The smallest absolute Gasteiger partial charge is 0.338 e. The van der Waals surface area contributed by atoms with Crippen molar-refractivity contribution in [3.63, 3.8) is 0 Å². The minimum Gasteiger partial charge on any atom is -0.486 e. The number of hydrogen-bond acceptors (Lipinski definition) is 4. The second kappa shape index (κ2) is 7.87. The molecular weight excluding hydrogens is 320 g/mol. The van der Waals surface area contributed by atoms with Gasteiger partial charge in [0.15, 0.2) is 0 Å². The van der Waals surface area contributed by atoms with Crippen LogP contribution in [0.4, 0.5) is 4.79 Å². The lowest BCUT2D eigenvalue weighted by atomic mass is 10.0. The molecular formula is C16H19ClN2O4. The summed E-state index contributed by atoms with van der Waals surface area (Å²) in [4.78, 5) is 24.0. The first kappa shape index (κ1) is 17.1. The van der Waals surface area contributed by atoms with Gasteiger partial charge in [0.25, 0.3) is 0 Å². The van der Waals surface area contributed by atoms with Gasteiger partial charge in [-0.1, -0.05) is 30.7 Å². The molecule has 1 aliphatic heterocycles. The van der Waals surface area contributed by atoms with Crippen molar-refractivity contribution in [2.45, 2.75) is 26.3 Å². The van der Waals surface area contributed by atoms with Crippen LogP contribution in [0.2, 0.25) is 5.02 Å². The van der Waals surface area contributed by atoms with Crippen LogP contribution in [0.5, 0.6) is 5.75 Å². The summed E-state index contributed by atoms with van der Waals surface area (Å²) in [5, 5.41) is 5.78. The number of amides is 2. The highest BCUT2D eigenvalue weighted by Crippen LogP contribution is 2.24. The van der Waals surface area contributed by atoms with Gasteiger partial charge in [-0.05, 0) is 25.5 Å². The van der Waals surface area contributed by atoms with Gasteiger partial charge in [0, 0.05) is 0 Å². The predicted octanol–water partition coefficient (Wildman–Crippen LogP) is 2.63. The molecule has 1 atom stereocenters. The number of rotatable bonds is 6. The van der Waals surface area contributed by atoms with Gasteiger partial charge in [0.1, 0.15) is 12.4 Å². The molecule has 0 aromatic heterocycles. The molecule has 124 valence electrons. The van der Waals surface area contributed by atoms with Crippen LogP contribution in [0, 0.1) is 0 Å². The Morgan fingerprint density at radius 2 is 2.04 bits per heavy atom. The largest absolute Gasteiger partial charge is 0.486 e.